The van der Waals surface area contributed by atoms with Crippen LogP contribution in [0.5, 0.6) is 0 Å². The maximum absolute atomic E-state index is 13.5. The molecule has 0 aliphatic rings. The monoisotopic (exact) mass is 422 g/mol. The van der Waals surface area contributed by atoms with Crippen molar-refractivity contribution in [3.63, 3.8) is 0 Å². The fourth-order valence-corrected chi connectivity index (χ4v) is 4.02. The van der Waals surface area contributed by atoms with Crippen LogP contribution in [0, 0.1) is 0 Å². The van der Waals surface area contributed by atoms with Crippen LogP contribution in [0.3, 0.4) is 0 Å². The van der Waals surface area contributed by atoms with Gasteiger partial charge >= 0.3 is 0 Å². The molecule has 0 N–H and O–H groups in total. The van der Waals surface area contributed by atoms with Gasteiger partial charge in [0.2, 0.25) is 5.91 Å². The largest absolute Gasteiger partial charge is 0.345 e. The Bertz CT molecular complexity index is 935. The number of rotatable bonds is 10. The van der Waals surface area contributed by atoms with E-state index in [1.165, 1.54) is 0 Å². The third kappa shape index (κ3) is 5.54. The summed E-state index contributed by atoms with van der Waals surface area (Å²) in [6.45, 7) is 6.34. The number of nitrogens with zero attached hydrogens (tertiary/aromatic N) is 2. The molecule has 0 saturated heterocycles. The van der Waals surface area contributed by atoms with Gasteiger partial charge < -0.3 is 9.47 Å². The summed E-state index contributed by atoms with van der Waals surface area (Å²) in [4.78, 5) is 15.6. The van der Waals surface area contributed by atoms with Gasteiger partial charge in [-0.25, -0.2) is 0 Å². The van der Waals surface area contributed by atoms with E-state index in [0.29, 0.717) is 13.1 Å². The highest BCUT2D eigenvalue weighted by atomic mass is 35.5. The van der Waals surface area contributed by atoms with Crippen molar-refractivity contribution in [1.82, 2.24) is 9.47 Å². The van der Waals surface area contributed by atoms with Gasteiger partial charge in [-0.05, 0) is 42.2 Å². The molecule has 0 radical (unpaired) electrons. The van der Waals surface area contributed by atoms with Crippen molar-refractivity contribution in [1.29, 1.82) is 0 Å². The SMILES string of the molecule is CCCCN(Cc1cccn1Cc1ccccc1Cl)C(=O)C(CC)c1ccccc1. The third-order valence-electron chi connectivity index (χ3n) is 5.58. The van der Waals surface area contributed by atoms with Crippen LogP contribution >= 0.6 is 11.6 Å². The summed E-state index contributed by atoms with van der Waals surface area (Å²) in [5.74, 6) is 0.109. The van der Waals surface area contributed by atoms with Gasteiger partial charge in [0, 0.05) is 30.0 Å². The molecule has 3 aromatic rings. The van der Waals surface area contributed by atoms with Crippen LogP contribution in [-0.2, 0) is 17.9 Å². The Morgan fingerprint density at radius 2 is 1.73 bits per heavy atom. The van der Waals surface area contributed by atoms with Crippen molar-refractivity contribution in [2.24, 2.45) is 0 Å². The quantitative estimate of drug-likeness (QED) is 0.365. The van der Waals surface area contributed by atoms with Crippen molar-refractivity contribution in [3.05, 3.63) is 94.8 Å². The number of aromatic nitrogens is 1. The summed E-state index contributed by atoms with van der Waals surface area (Å²) in [7, 11) is 0. The Kier molecular flexibility index (Phi) is 8.15. The predicted octanol–water partition coefficient (Wildman–Crippen LogP) is 6.51. The average molecular weight is 423 g/mol. The van der Waals surface area contributed by atoms with Crippen LogP contribution < -0.4 is 0 Å². The molecule has 1 atom stereocenters. The number of carbonyl (C=O) groups is 1. The first kappa shape index (κ1) is 22.2. The van der Waals surface area contributed by atoms with Crippen LogP contribution in [-0.4, -0.2) is 21.9 Å². The molecule has 158 valence electrons. The number of amides is 1. The van der Waals surface area contributed by atoms with E-state index in [4.69, 9.17) is 11.6 Å². The minimum atomic E-state index is -0.102. The molecule has 3 rings (SSSR count). The Labute approximate surface area is 185 Å². The molecule has 1 aromatic heterocycles. The van der Waals surface area contributed by atoms with Crippen LogP contribution in [0.15, 0.2) is 72.9 Å². The topological polar surface area (TPSA) is 25.2 Å². The molecule has 1 unspecified atom stereocenters. The Morgan fingerprint density at radius 1 is 1.00 bits per heavy atom. The molecule has 0 aliphatic heterocycles. The van der Waals surface area contributed by atoms with Gasteiger partial charge in [-0.15, -0.1) is 0 Å². The van der Waals surface area contributed by atoms with E-state index in [0.717, 1.165) is 47.7 Å². The third-order valence-corrected chi connectivity index (χ3v) is 5.95. The smallest absolute Gasteiger partial charge is 0.230 e. The molecule has 1 heterocycles. The summed E-state index contributed by atoms with van der Waals surface area (Å²) in [6.07, 6.45) is 4.93. The van der Waals surface area contributed by atoms with Gasteiger partial charge in [-0.2, -0.15) is 0 Å². The van der Waals surface area contributed by atoms with E-state index in [1.807, 2.05) is 47.4 Å². The van der Waals surface area contributed by atoms with Gasteiger partial charge in [-0.3, -0.25) is 4.79 Å². The van der Waals surface area contributed by atoms with Gasteiger partial charge in [0.15, 0.2) is 0 Å². The van der Waals surface area contributed by atoms with Gasteiger partial charge in [0.25, 0.3) is 0 Å². The van der Waals surface area contributed by atoms with E-state index in [-0.39, 0.29) is 11.8 Å². The molecule has 0 saturated carbocycles. The highest BCUT2D eigenvalue weighted by Crippen LogP contribution is 2.24. The average Bonchev–Trinajstić information content (AvgIpc) is 3.20. The Morgan fingerprint density at radius 3 is 2.43 bits per heavy atom. The van der Waals surface area contributed by atoms with E-state index in [9.17, 15) is 4.79 Å². The number of benzene rings is 2. The second kappa shape index (κ2) is 11.0. The van der Waals surface area contributed by atoms with Gasteiger partial charge in [0.1, 0.15) is 0 Å². The lowest BCUT2D eigenvalue weighted by molar-refractivity contribution is -0.133. The van der Waals surface area contributed by atoms with E-state index < -0.39 is 0 Å². The second-order valence-corrected chi connectivity index (χ2v) is 8.11. The van der Waals surface area contributed by atoms with Crippen LogP contribution in [0.25, 0.3) is 0 Å². The maximum atomic E-state index is 13.5. The van der Waals surface area contributed by atoms with Crippen molar-refractivity contribution in [2.45, 2.75) is 52.1 Å². The zero-order valence-electron chi connectivity index (χ0n) is 17.9. The summed E-state index contributed by atoms with van der Waals surface area (Å²) >= 11 is 6.37. The molecular formula is C26H31ClN2O. The van der Waals surface area contributed by atoms with Crippen LogP contribution in [0.4, 0.5) is 0 Å². The van der Waals surface area contributed by atoms with Crippen LogP contribution in [0.1, 0.15) is 55.8 Å². The number of hydrogen-bond acceptors (Lipinski definition) is 1. The predicted molar refractivity (Wildman–Crippen MR) is 125 cm³/mol. The summed E-state index contributed by atoms with van der Waals surface area (Å²) in [5.41, 5.74) is 3.30. The maximum Gasteiger partial charge on any atom is 0.230 e. The first-order valence-electron chi connectivity index (χ1n) is 10.8. The first-order chi connectivity index (χ1) is 14.6. The van der Waals surface area contributed by atoms with Crippen molar-refractivity contribution >= 4 is 17.5 Å². The van der Waals surface area contributed by atoms with Crippen LogP contribution in [0.2, 0.25) is 5.02 Å². The molecule has 3 nitrogen and oxygen atoms in total. The fraction of sp³-hybridized carbons (Fsp3) is 0.346. The standard InChI is InChI=1S/C26H31ClN2O/c1-3-5-17-29(26(30)24(4-2)21-12-7-6-8-13-21)20-23-15-11-18-28(23)19-22-14-9-10-16-25(22)27/h6-16,18,24H,3-5,17,19-20H2,1-2H3. The summed E-state index contributed by atoms with van der Waals surface area (Å²) in [6, 6.07) is 22.2. The highest BCUT2D eigenvalue weighted by molar-refractivity contribution is 6.31. The zero-order valence-corrected chi connectivity index (χ0v) is 18.7. The normalized spacial score (nSPS) is 12.0. The Hall–Kier alpha value is -2.52. The lowest BCUT2D eigenvalue weighted by atomic mass is 9.95. The number of carbonyl (C=O) groups excluding carboxylic acids is 1. The van der Waals surface area contributed by atoms with Gasteiger partial charge in [0.05, 0.1) is 12.5 Å². The van der Waals surface area contributed by atoms with E-state index in [2.05, 4.69) is 48.9 Å². The second-order valence-electron chi connectivity index (χ2n) is 7.70. The van der Waals surface area contributed by atoms with Crippen molar-refractivity contribution in [2.75, 3.05) is 6.54 Å². The first-order valence-corrected chi connectivity index (χ1v) is 11.2. The number of unbranched alkanes of at least 4 members (excludes halogenated alkanes) is 1. The number of halogens is 1. The lowest BCUT2D eigenvalue weighted by Crippen LogP contribution is -2.36. The molecule has 0 spiro atoms. The lowest BCUT2D eigenvalue weighted by Gasteiger charge is -2.28. The number of hydrogen-bond donors (Lipinski definition) is 0. The minimum Gasteiger partial charge on any atom is -0.345 e. The van der Waals surface area contributed by atoms with E-state index in [1.54, 1.807) is 0 Å². The fourth-order valence-electron chi connectivity index (χ4n) is 3.83. The molecule has 0 aliphatic carbocycles. The molecule has 1 amide bonds. The summed E-state index contributed by atoms with van der Waals surface area (Å²) in [5, 5.41) is 0.770. The van der Waals surface area contributed by atoms with Crippen molar-refractivity contribution in [3.8, 4) is 0 Å². The highest BCUT2D eigenvalue weighted by Gasteiger charge is 2.25. The van der Waals surface area contributed by atoms with Gasteiger partial charge in [-0.1, -0.05) is 80.4 Å². The molecule has 0 fully saturated rings. The zero-order chi connectivity index (χ0) is 21.3. The molecule has 2 aromatic carbocycles. The molecular weight excluding hydrogens is 392 g/mol. The van der Waals surface area contributed by atoms with Crippen molar-refractivity contribution < 1.29 is 4.79 Å². The molecule has 4 heteroatoms. The van der Waals surface area contributed by atoms with E-state index >= 15 is 0 Å². The molecule has 30 heavy (non-hydrogen) atoms. The summed E-state index contributed by atoms with van der Waals surface area (Å²) < 4.78 is 2.19. The Balaban J connectivity index is 1.81. The molecule has 0 bridgehead atoms. The minimum absolute atomic E-state index is 0.102.